The number of carbonyl (C=O) groups is 2. The van der Waals surface area contributed by atoms with Crippen molar-refractivity contribution in [1.29, 1.82) is 0 Å². The zero-order valence-electron chi connectivity index (χ0n) is 9.87. The van der Waals surface area contributed by atoms with Crippen molar-refractivity contribution < 1.29 is 14.3 Å². The topological polar surface area (TPSA) is 46.6 Å². The summed E-state index contributed by atoms with van der Waals surface area (Å²) in [5, 5.41) is 0. The van der Waals surface area contributed by atoms with Gasteiger partial charge < -0.3 is 4.74 Å². The molecule has 0 N–H and O–H groups in total. The standard InChI is InChI=1S/C11H19NO3/c1-5-8-9(13)6-7-12(8)10(14)15-11(2,3)4/h8H,5-7H2,1-4H3/t8-/m1/s1. The summed E-state index contributed by atoms with van der Waals surface area (Å²) in [7, 11) is 0. The number of likely N-dealkylation sites (tertiary alicyclic amines) is 1. The van der Waals surface area contributed by atoms with Gasteiger partial charge in [-0.15, -0.1) is 0 Å². The molecule has 0 aromatic heterocycles. The number of hydrogen-bond donors (Lipinski definition) is 0. The van der Waals surface area contributed by atoms with Gasteiger partial charge in [0.15, 0.2) is 5.78 Å². The molecule has 0 saturated carbocycles. The molecule has 0 bridgehead atoms. The van der Waals surface area contributed by atoms with Crippen LogP contribution < -0.4 is 0 Å². The molecule has 4 heteroatoms. The van der Waals surface area contributed by atoms with Gasteiger partial charge >= 0.3 is 6.09 Å². The molecule has 1 fully saturated rings. The summed E-state index contributed by atoms with van der Waals surface area (Å²) < 4.78 is 5.24. The van der Waals surface area contributed by atoms with Gasteiger partial charge in [0.2, 0.25) is 0 Å². The number of rotatable bonds is 1. The van der Waals surface area contributed by atoms with Gasteiger partial charge in [-0.1, -0.05) is 6.92 Å². The Morgan fingerprint density at radius 2 is 2.13 bits per heavy atom. The molecule has 0 aromatic carbocycles. The van der Waals surface area contributed by atoms with Gasteiger partial charge in [-0.3, -0.25) is 9.69 Å². The van der Waals surface area contributed by atoms with Crippen LogP contribution in [0.4, 0.5) is 4.79 Å². The number of carbonyl (C=O) groups excluding carboxylic acids is 2. The van der Waals surface area contributed by atoms with Crippen molar-refractivity contribution in [3.05, 3.63) is 0 Å². The maximum Gasteiger partial charge on any atom is 0.410 e. The lowest BCUT2D eigenvalue weighted by Crippen LogP contribution is -2.41. The molecule has 0 aliphatic carbocycles. The maximum atomic E-state index is 11.7. The zero-order chi connectivity index (χ0) is 11.6. The van der Waals surface area contributed by atoms with E-state index in [1.807, 2.05) is 27.7 Å². The molecule has 0 unspecified atom stereocenters. The van der Waals surface area contributed by atoms with Crippen LogP contribution in [-0.4, -0.2) is 35.0 Å². The fourth-order valence-electron chi connectivity index (χ4n) is 1.71. The highest BCUT2D eigenvalue weighted by Gasteiger charge is 2.36. The number of nitrogens with zero attached hydrogens (tertiary/aromatic N) is 1. The van der Waals surface area contributed by atoms with Crippen LogP contribution in [0.5, 0.6) is 0 Å². The van der Waals surface area contributed by atoms with E-state index in [1.54, 1.807) is 0 Å². The maximum absolute atomic E-state index is 11.7. The third kappa shape index (κ3) is 2.94. The van der Waals surface area contributed by atoms with Crippen LogP contribution in [0.1, 0.15) is 40.5 Å². The number of amides is 1. The summed E-state index contributed by atoms with van der Waals surface area (Å²) >= 11 is 0. The van der Waals surface area contributed by atoms with E-state index in [1.165, 1.54) is 4.90 Å². The molecule has 4 nitrogen and oxygen atoms in total. The van der Waals surface area contributed by atoms with E-state index in [4.69, 9.17) is 4.74 Å². The Bertz CT molecular complexity index is 267. The Morgan fingerprint density at radius 3 is 2.60 bits per heavy atom. The summed E-state index contributed by atoms with van der Waals surface area (Å²) in [6.07, 6.45) is 0.746. The number of ether oxygens (including phenoxy) is 1. The van der Waals surface area contributed by atoms with Crippen molar-refractivity contribution in [2.75, 3.05) is 6.54 Å². The Hall–Kier alpha value is -1.06. The molecule has 1 rings (SSSR count). The third-order valence-electron chi connectivity index (χ3n) is 2.36. The minimum atomic E-state index is -0.499. The summed E-state index contributed by atoms with van der Waals surface area (Å²) in [6, 6.07) is -0.278. The van der Waals surface area contributed by atoms with Crippen molar-refractivity contribution in [3.63, 3.8) is 0 Å². The van der Waals surface area contributed by atoms with Crippen LogP contribution in [-0.2, 0) is 9.53 Å². The summed E-state index contributed by atoms with van der Waals surface area (Å²) in [4.78, 5) is 24.7. The van der Waals surface area contributed by atoms with Gasteiger partial charge in [0.25, 0.3) is 0 Å². The van der Waals surface area contributed by atoms with Crippen LogP contribution >= 0.6 is 0 Å². The molecule has 1 saturated heterocycles. The molecule has 15 heavy (non-hydrogen) atoms. The molecular formula is C11H19NO3. The first-order valence-corrected chi connectivity index (χ1v) is 5.37. The van der Waals surface area contributed by atoms with Gasteiger partial charge in [0.1, 0.15) is 5.60 Å². The Morgan fingerprint density at radius 1 is 1.53 bits per heavy atom. The second-order valence-electron chi connectivity index (χ2n) is 4.81. The van der Waals surface area contributed by atoms with Gasteiger partial charge in [-0.05, 0) is 27.2 Å². The molecular weight excluding hydrogens is 194 g/mol. The van der Waals surface area contributed by atoms with Crippen molar-refractivity contribution >= 4 is 11.9 Å². The first-order valence-electron chi connectivity index (χ1n) is 5.37. The minimum absolute atomic E-state index is 0.142. The monoisotopic (exact) mass is 213 g/mol. The normalized spacial score (nSPS) is 22.0. The lowest BCUT2D eigenvalue weighted by atomic mass is 10.1. The minimum Gasteiger partial charge on any atom is -0.444 e. The van der Waals surface area contributed by atoms with E-state index < -0.39 is 5.60 Å². The molecule has 1 atom stereocenters. The van der Waals surface area contributed by atoms with Crippen LogP contribution in [0.2, 0.25) is 0 Å². The van der Waals surface area contributed by atoms with Crippen LogP contribution in [0.25, 0.3) is 0 Å². The highest BCUT2D eigenvalue weighted by atomic mass is 16.6. The quantitative estimate of drug-likeness (QED) is 0.669. The fourth-order valence-corrected chi connectivity index (χ4v) is 1.71. The summed E-state index contributed by atoms with van der Waals surface area (Å²) in [5.74, 6) is 0.142. The van der Waals surface area contributed by atoms with Gasteiger partial charge in [0.05, 0.1) is 6.04 Å². The van der Waals surface area contributed by atoms with E-state index in [0.29, 0.717) is 19.4 Å². The first kappa shape index (κ1) is 12.0. The van der Waals surface area contributed by atoms with Gasteiger partial charge in [0, 0.05) is 13.0 Å². The largest absolute Gasteiger partial charge is 0.444 e. The lowest BCUT2D eigenvalue weighted by Gasteiger charge is -2.27. The Balaban J connectivity index is 2.64. The Labute approximate surface area is 90.6 Å². The smallest absolute Gasteiger partial charge is 0.410 e. The summed E-state index contributed by atoms with van der Waals surface area (Å²) in [5.41, 5.74) is -0.499. The number of Topliss-reactive ketones (excluding diaryl/α,β-unsaturated/α-hetero) is 1. The van der Waals surface area contributed by atoms with E-state index in [9.17, 15) is 9.59 Å². The second kappa shape index (κ2) is 4.21. The molecule has 86 valence electrons. The van der Waals surface area contributed by atoms with Crippen LogP contribution in [0.15, 0.2) is 0 Å². The van der Waals surface area contributed by atoms with Gasteiger partial charge in [-0.25, -0.2) is 4.79 Å². The molecule has 0 spiro atoms. The summed E-state index contributed by atoms with van der Waals surface area (Å²) in [6.45, 7) is 7.87. The number of hydrogen-bond acceptors (Lipinski definition) is 3. The van der Waals surface area contributed by atoms with Crippen LogP contribution in [0.3, 0.4) is 0 Å². The predicted octanol–water partition coefficient (Wildman–Crippen LogP) is 1.97. The average Bonchev–Trinajstić information content (AvgIpc) is 2.43. The lowest BCUT2D eigenvalue weighted by molar-refractivity contribution is -0.120. The van der Waals surface area contributed by atoms with Crippen molar-refractivity contribution in [1.82, 2.24) is 4.90 Å². The Kier molecular flexibility index (Phi) is 3.37. The average molecular weight is 213 g/mol. The SMILES string of the molecule is CC[C@@H]1C(=O)CCN1C(=O)OC(C)(C)C. The molecule has 1 amide bonds. The van der Waals surface area contributed by atoms with Gasteiger partial charge in [-0.2, -0.15) is 0 Å². The van der Waals surface area contributed by atoms with E-state index in [0.717, 1.165) is 0 Å². The molecule has 0 radical (unpaired) electrons. The van der Waals surface area contributed by atoms with Crippen molar-refractivity contribution in [3.8, 4) is 0 Å². The van der Waals surface area contributed by atoms with Crippen molar-refractivity contribution in [2.45, 2.75) is 52.2 Å². The van der Waals surface area contributed by atoms with Crippen LogP contribution in [0, 0.1) is 0 Å². The third-order valence-corrected chi connectivity index (χ3v) is 2.36. The van der Waals surface area contributed by atoms with Crippen molar-refractivity contribution in [2.24, 2.45) is 0 Å². The molecule has 1 heterocycles. The van der Waals surface area contributed by atoms with E-state index in [-0.39, 0.29) is 17.9 Å². The van der Waals surface area contributed by atoms with E-state index in [2.05, 4.69) is 0 Å². The highest BCUT2D eigenvalue weighted by Crippen LogP contribution is 2.20. The molecule has 0 aromatic rings. The first-order chi connectivity index (χ1) is 6.85. The fraction of sp³-hybridized carbons (Fsp3) is 0.818. The van der Waals surface area contributed by atoms with E-state index >= 15 is 0 Å². The predicted molar refractivity (Wildman–Crippen MR) is 56.6 cm³/mol. The zero-order valence-corrected chi connectivity index (χ0v) is 9.87. The molecule has 1 aliphatic rings. The number of ketones is 1. The highest BCUT2D eigenvalue weighted by molar-refractivity contribution is 5.90. The second-order valence-corrected chi connectivity index (χ2v) is 4.81. The molecule has 1 aliphatic heterocycles.